The average molecular weight is 345 g/mol. The Kier molecular flexibility index (Phi) is 5.05. The summed E-state index contributed by atoms with van der Waals surface area (Å²) in [5.74, 6) is 1.51. The predicted octanol–water partition coefficient (Wildman–Crippen LogP) is 4.51. The van der Waals surface area contributed by atoms with Crippen LogP contribution < -0.4 is 10.6 Å². The number of pyridine rings is 1. The summed E-state index contributed by atoms with van der Waals surface area (Å²) in [5.41, 5.74) is 2.99. The number of rotatable bonds is 6. The van der Waals surface area contributed by atoms with Gasteiger partial charge < -0.3 is 10.6 Å². The molecular formula is C21H23N5. The van der Waals surface area contributed by atoms with Crippen LogP contribution in [0.15, 0.2) is 60.8 Å². The van der Waals surface area contributed by atoms with Crippen molar-refractivity contribution in [2.75, 3.05) is 10.6 Å². The molecule has 0 amide bonds. The van der Waals surface area contributed by atoms with Gasteiger partial charge in [-0.05, 0) is 25.0 Å². The second-order valence-corrected chi connectivity index (χ2v) is 6.63. The van der Waals surface area contributed by atoms with Gasteiger partial charge in [0.25, 0.3) is 0 Å². The van der Waals surface area contributed by atoms with E-state index in [0.29, 0.717) is 18.5 Å². The molecule has 0 aliphatic heterocycles. The minimum atomic E-state index is 0.477. The zero-order chi connectivity index (χ0) is 17.6. The van der Waals surface area contributed by atoms with Crippen molar-refractivity contribution in [3.63, 3.8) is 0 Å². The van der Waals surface area contributed by atoms with Crippen LogP contribution in [0.4, 0.5) is 11.8 Å². The van der Waals surface area contributed by atoms with E-state index in [1.165, 1.54) is 25.7 Å². The number of nitrogens with zero attached hydrogens (tertiary/aromatic N) is 3. The zero-order valence-corrected chi connectivity index (χ0v) is 14.7. The van der Waals surface area contributed by atoms with Crippen LogP contribution >= 0.6 is 0 Å². The Balaban J connectivity index is 1.58. The molecule has 0 spiro atoms. The number of hydrogen-bond acceptors (Lipinski definition) is 5. The van der Waals surface area contributed by atoms with Crippen LogP contribution in [0.25, 0.3) is 11.3 Å². The van der Waals surface area contributed by atoms with E-state index in [1.807, 2.05) is 42.5 Å². The van der Waals surface area contributed by atoms with E-state index in [0.717, 1.165) is 22.8 Å². The van der Waals surface area contributed by atoms with Gasteiger partial charge in [-0.15, -0.1) is 0 Å². The van der Waals surface area contributed by atoms with Gasteiger partial charge in [0.15, 0.2) is 0 Å². The Morgan fingerprint density at radius 2 is 1.73 bits per heavy atom. The third kappa shape index (κ3) is 4.17. The first kappa shape index (κ1) is 16.5. The molecule has 1 saturated carbocycles. The molecule has 0 atom stereocenters. The molecule has 132 valence electrons. The number of aromatic nitrogens is 3. The van der Waals surface area contributed by atoms with Crippen molar-refractivity contribution in [1.82, 2.24) is 15.0 Å². The summed E-state index contributed by atoms with van der Waals surface area (Å²) in [7, 11) is 0. The molecule has 0 saturated heterocycles. The van der Waals surface area contributed by atoms with Crippen molar-refractivity contribution in [3.05, 3.63) is 66.5 Å². The fourth-order valence-electron chi connectivity index (χ4n) is 3.30. The molecular weight excluding hydrogens is 322 g/mol. The lowest BCUT2D eigenvalue weighted by Crippen LogP contribution is -2.17. The van der Waals surface area contributed by atoms with Gasteiger partial charge in [-0.3, -0.25) is 4.98 Å². The van der Waals surface area contributed by atoms with Crippen LogP contribution in [0.1, 0.15) is 31.4 Å². The maximum absolute atomic E-state index is 4.74. The lowest BCUT2D eigenvalue weighted by molar-refractivity contribution is 0.744. The van der Waals surface area contributed by atoms with Crippen molar-refractivity contribution in [2.45, 2.75) is 38.3 Å². The van der Waals surface area contributed by atoms with Crippen molar-refractivity contribution >= 4 is 11.8 Å². The largest absolute Gasteiger partial charge is 0.364 e. The number of benzene rings is 1. The maximum Gasteiger partial charge on any atom is 0.225 e. The Labute approximate surface area is 153 Å². The summed E-state index contributed by atoms with van der Waals surface area (Å²) in [6.45, 7) is 0.634. The van der Waals surface area contributed by atoms with Crippen LogP contribution in [0.3, 0.4) is 0 Å². The normalized spacial score (nSPS) is 14.3. The van der Waals surface area contributed by atoms with Crippen molar-refractivity contribution in [1.29, 1.82) is 0 Å². The summed E-state index contributed by atoms with van der Waals surface area (Å²) < 4.78 is 0. The highest BCUT2D eigenvalue weighted by atomic mass is 15.2. The van der Waals surface area contributed by atoms with Crippen molar-refractivity contribution in [2.24, 2.45) is 0 Å². The van der Waals surface area contributed by atoms with E-state index in [2.05, 4.69) is 32.7 Å². The molecule has 2 N–H and O–H groups in total. The summed E-state index contributed by atoms with van der Waals surface area (Å²) in [4.78, 5) is 13.8. The van der Waals surface area contributed by atoms with E-state index >= 15 is 0 Å². The van der Waals surface area contributed by atoms with Crippen molar-refractivity contribution in [3.8, 4) is 11.3 Å². The van der Waals surface area contributed by atoms with Crippen LogP contribution in [0.5, 0.6) is 0 Å². The average Bonchev–Trinajstić information content (AvgIpc) is 3.21. The molecule has 1 aromatic carbocycles. The molecule has 1 aliphatic carbocycles. The highest BCUT2D eigenvalue weighted by Gasteiger charge is 2.16. The van der Waals surface area contributed by atoms with E-state index in [9.17, 15) is 0 Å². The SMILES string of the molecule is c1ccc(-c2cc(NCc3ccccn3)nc(NC3CCCC3)n2)cc1. The molecule has 0 radical (unpaired) electrons. The van der Waals surface area contributed by atoms with Crippen LogP contribution in [0.2, 0.25) is 0 Å². The quantitative estimate of drug-likeness (QED) is 0.688. The Morgan fingerprint density at radius 1 is 0.923 bits per heavy atom. The maximum atomic E-state index is 4.74. The van der Waals surface area contributed by atoms with Gasteiger partial charge in [-0.25, -0.2) is 4.98 Å². The van der Waals surface area contributed by atoms with E-state index in [4.69, 9.17) is 4.98 Å². The molecule has 26 heavy (non-hydrogen) atoms. The Morgan fingerprint density at radius 3 is 2.50 bits per heavy atom. The number of hydrogen-bond donors (Lipinski definition) is 2. The highest BCUT2D eigenvalue weighted by Crippen LogP contribution is 2.25. The first-order valence-electron chi connectivity index (χ1n) is 9.22. The van der Waals surface area contributed by atoms with Crippen LogP contribution in [-0.4, -0.2) is 21.0 Å². The molecule has 1 fully saturated rings. The summed E-state index contributed by atoms with van der Waals surface area (Å²) in [5, 5.41) is 6.89. The minimum Gasteiger partial charge on any atom is -0.364 e. The first-order chi connectivity index (χ1) is 12.9. The van der Waals surface area contributed by atoms with E-state index in [-0.39, 0.29) is 0 Å². The lowest BCUT2D eigenvalue weighted by atomic mass is 10.1. The van der Waals surface area contributed by atoms with Gasteiger partial charge in [-0.1, -0.05) is 49.2 Å². The summed E-state index contributed by atoms with van der Waals surface area (Å²) in [6, 6.07) is 18.6. The summed E-state index contributed by atoms with van der Waals surface area (Å²) >= 11 is 0. The van der Waals surface area contributed by atoms with Crippen LogP contribution in [-0.2, 0) is 6.54 Å². The fraction of sp³-hybridized carbons (Fsp3) is 0.286. The van der Waals surface area contributed by atoms with Gasteiger partial charge >= 0.3 is 0 Å². The van der Waals surface area contributed by atoms with Crippen molar-refractivity contribution < 1.29 is 0 Å². The lowest BCUT2D eigenvalue weighted by Gasteiger charge is -2.15. The van der Waals surface area contributed by atoms with Gasteiger partial charge in [0.1, 0.15) is 5.82 Å². The first-order valence-corrected chi connectivity index (χ1v) is 9.22. The molecule has 0 bridgehead atoms. The number of nitrogens with one attached hydrogen (secondary N) is 2. The molecule has 1 aliphatic rings. The molecule has 5 nitrogen and oxygen atoms in total. The molecule has 5 heteroatoms. The highest BCUT2D eigenvalue weighted by molar-refractivity contribution is 5.64. The summed E-state index contributed by atoms with van der Waals surface area (Å²) in [6.07, 6.45) is 6.74. The molecule has 0 unspecified atom stereocenters. The van der Waals surface area contributed by atoms with Gasteiger partial charge in [-0.2, -0.15) is 4.98 Å². The zero-order valence-electron chi connectivity index (χ0n) is 14.7. The Hall–Kier alpha value is -2.95. The van der Waals surface area contributed by atoms with E-state index in [1.54, 1.807) is 6.20 Å². The number of anilines is 2. The molecule has 2 aromatic heterocycles. The monoisotopic (exact) mass is 345 g/mol. The molecule has 3 aromatic rings. The van der Waals surface area contributed by atoms with Gasteiger partial charge in [0.05, 0.1) is 17.9 Å². The second kappa shape index (κ2) is 7.95. The molecule has 2 heterocycles. The third-order valence-electron chi connectivity index (χ3n) is 4.66. The molecule has 4 rings (SSSR count). The van der Waals surface area contributed by atoms with E-state index < -0.39 is 0 Å². The van der Waals surface area contributed by atoms with Crippen LogP contribution in [0, 0.1) is 0 Å². The van der Waals surface area contributed by atoms with Gasteiger partial charge in [0, 0.05) is 23.9 Å². The predicted molar refractivity (Wildman–Crippen MR) is 105 cm³/mol. The van der Waals surface area contributed by atoms with Gasteiger partial charge in [0.2, 0.25) is 5.95 Å². The topological polar surface area (TPSA) is 62.7 Å². The Bertz CT molecular complexity index is 830. The minimum absolute atomic E-state index is 0.477. The third-order valence-corrected chi connectivity index (χ3v) is 4.66. The smallest absolute Gasteiger partial charge is 0.225 e. The second-order valence-electron chi connectivity index (χ2n) is 6.63. The fourth-order valence-corrected chi connectivity index (χ4v) is 3.30. The standard InChI is InChI=1S/C21H23N5/c1-2-8-16(9-3-1)19-14-20(23-15-18-12-6-7-13-22-18)26-21(25-19)24-17-10-4-5-11-17/h1-3,6-9,12-14,17H,4-5,10-11,15H2,(H2,23,24,25,26).